The molecule has 1 aliphatic rings. The molecule has 3 rings (SSSR count). The lowest BCUT2D eigenvalue weighted by Gasteiger charge is -2.17. The highest BCUT2D eigenvalue weighted by atomic mass is 127. The summed E-state index contributed by atoms with van der Waals surface area (Å²) in [5.74, 6) is 2.28. The second-order valence-electron chi connectivity index (χ2n) is 6.95. The minimum absolute atomic E-state index is 0. The number of para-hydroxylation sites is 1. The molecule has 0 saturated heterocycles. The number of pyridine rings is 1. The molecule has 1 fully saturated rings. The highest BCUT2D eigenvalue weighted by Crippen LogP contribution is 2.28. The van der Waals surface area contributed by atoms with Crippen LogP contribution in [0, 0.1) is 0 Å². The Morgan fingerprint density at radius 1 is 1.13 bits per heavy atom. The standard InChI is InChI=1S/C22H30N4O2S.HI/c1-23-22(26-18-9-10-20(14-18)29-2)25-16-17-8-11-21(24-15-17)28-13-12-27-19-6-4-3-5-7-19;/h3-8,11,15,18,20H,9-10,12-14,16H2,1-2H3,(H2,23,25,26);1H. The molecule has 2 unspecified atom stereocenters. The predicted octanol–water partition coefficient (Wildman–Crippen LogP) is 4.11. The van der Waals surface area contributed by atoms with Crippen molar-refractivity contribution in [3.8, 4) is 11.6 Å². The van der Waals surface area contributed by atoms with Gasteiger partial charge in [0.05, 0.1) is 0 Å². The van der Waals surface area contributed by atoms with E-state index in [1.165, 1.54) is 19.3 Å². The molecule has 2 atom stereocenters. The normalized spacial score (nSPS) is 18.4. The number of rotatable bonds is 9. The van der Waals surface area contributed by atoms with Gasteiger partial charge in [-0.1, -0.05) is 24.3 Å². The number of thioether (sulfide) groups is 1. The fraction of sp³-hybridized carbons (Fsp3) is 0.455. The third kappa shape index (κ3) is 8.22. The van der Waals surface area contributed by atoms with Crippen LogP contribution in [0.25, 0.3) is 0 Å². The number of hydrogen-bond donors (Lipinski definition) is 2. The van der Waals surface area contributed by atoms with E-state index in [4.69, 9.17) is 9.47 Å². The highest BCUT2D eigenvalue weighted by molar-refractivity contribution is 14.0. The van der Waals surface area contributed by atoms with Crippen molar-refractivity contribution in [3.05, 3.63) is 54.2 Å². The SMILES string of the molecule is CN=C(NCc1ccc(OCCOc2ccccc2)nc1)NC1CCC(SC)C1.I. The third-order valence-corrected chi connectivity index (χ3v) is 5.98. The van der Waals surface area contributed by atoms with Gasteiger partial charge in [0.1, 0.15) is 19.0 Å². The van der Waals surface area contributed by atoms with Crippen molar-refractivity contribution in [3.63, 3.8) is 0 Å². The summed E-state index contributed by atoms with van der Waals surface area (Å²) in [6.45, 7) is 1.60. The Bertz CT molecular complexity index is 761. The molecule has 0 radical (unpaired) electrons. The van der Waals surface area contributed by atoms with Gasteiger partial charge in [0.25, 0.3) is 0 Å². The van der Waals surface area contributed by atoms with Crippen molar-refractivity contribution in [2.45, 2.75) is 37.1 Å². The zero-order valence-corrected chi connectivity index (χ0v) is 20.7. The summed E-state index contributed by atoms with van der Waals surface area (Å²) >= 11 is 1.96. The van der Waals surface area contributed by atoms with Crippen molar-refractivity contribution in [2.75, 3.05) is 26.5 Å². The smallest absolute Gasteiger partial charge is 0.213 e. The fourth-order valence-corrected chi connectivity index (χ4v) is 4.08. The monoisotopic (exact) mass is 542 g/mol. The fourth-order valence-electron chi connectivity index (χ4n) is 3.28. The van der Waals surface area contributed by atoms with E-state index in [0.717, 1.165) is 22.5 Å². The first-order valence-corrected chi connectivity index (χ1v) is 11.3. The average Bonchev–Trinajstić information content (AvgIpc) is 3.23. The van der Waals surface area contributed by atoms with Crippen LogP contribution in [0.1, 0.15) is 24.8 Å². The Labute approximate surface area is 200 Å². The molecule has 0 spiro atoms. The van der Waals surface area contributed by atoms with Gasteiger partial charge >= 0.3 is 0 Å². The molecular weight excluding hydrogens is 511 g/mol. The van der Waals surface area contributed by atoms with Crippen molar-refractivity contribution >= 4 is 41.7 Å². The zero-order valence-electron chi connectivity index (χ0n) is 17.5. The van der Waals surface area contributed by atoms with Gasteiger partial charge in [-0.05, 0) is 43.2 Å². The minimum Gasteiger partial charge on any atom is -0.490 e. The summed E-state index contributed by atoms with van der Waals surface area (Å²) in [5.41, 5.74) is 1.08. The molecule has 1 aliphatic carbocycles. The molecule has 6 nitrogen and oxygen atoms in total. The van der Waals surface area contributed by atoms with Crippen molar-refractivity contribution < 1.29 is 9.47 Å². The number of hydrogen-bond acceptors (Lipinski definition) is 5. The summed E-state index contributed by atoms with van der Waals surface area (Å²) in [5, 5.41) is 7.66. The average molecular weight is 542 g/mol. The molecule has 1 aromatic carbocycles. The molecule has 1 aromatic heterocycles. The number of ether oxygens (including phenoxy) is 2. The molecule has 0 amide bonds. The molecule has 2 N–H and O–H groups in total. The van der Waals surface area contributed by atoms with E-state index in [0.29, 0.717) is 31.7 Å². The van der Waals surface area contributed by atoms with Crippen molar-refractivity contribution in [1.82, 2.24) is 15.6 Å². The summed E-state index contributed by atoms with van der Waals surface area (Å²) in [6, 6.07) is 14.1. The molecule has 30 heavy (non-hydrogen) atoms. The van der Waals surface area contributed by atoms with E-state index in [1.54, 1.807) is 0 Å². The molecule has 1 saturated carbocycles. The van der Waals surface area contributed by atoms with Crippen LogP contribution in [0.15, 0.2) is 53.7 Å². The van der Waals surface area contributed by atoms with Crippen LogP contribution in [0.2, 0.25) is 0 Å². The van der Waals surface area contributed by atoms with Gasteiger partial charge in [0.15, 0.2) is 5.96 Å². The maximum atomic E-state index is 5.64. The van der Waals surface area contributed by atoms with Crippen LogP contribution in [0.3, 0.4) is 0 Å². The maximum absolute atomic E-state index is 5.64. The van der Waals surface area contributed by atoms with Crippen LogP contribution in [-0.2, 0) is 6.54 Å². The molecule has 0 bridgehead atoms. The van der Waals surface area contributed by atoms with E-state index >= 15 is 0 Å². The molecule has 164 valence electrons. The Hall–Kier alpha value is -1.68. The van der Waals surface area contributed by atoms with Crippen LogP contribution in [-0.4, -0.2) is 48.8 Å². The maximum Gasteiger partial charge on any atom is 0.213 e. The van der Waals surface area contributed by atoms with Crippen LogP contribution >= 0.6 is 35.7 Å². The number of aliphatic imine (C=N–C) groups is 1. The number of nitrogens with one attached hydrogen (secondary N) is 2. The summed E-state index contributed by atoms with van der Waals surface area (Å²) in [6.07, 6.45) is 7.69. The lowest BCUT2D eigenvalue weighted by atomic mass is 10.2. The largest absolute Gasteiger partial charge is 0.490 e. The van der Waals surface area contributed by atoms with Crippen molar-refractivity contribution in [1.29, 1.82) is 0 Å². The first-order chi connectivity index (χ1) is 14.3. The quantitative estimate of drug-likeness (QED) is 0.215. The molecule has 1 heterocycles. The summed E-state index contributed by atoms with van der Waals surface area (Å²) < 4.78 is 11.3. The Kier molecular flexibility index (Phi) is 11.1. The van der Waals surface area contributed by atoms with Gasteiger partial charge in [-0.15, -0.1) is 24.0 Å². The first-order valence-electron chi connectivity index (χ1n) is 10.0. The summed E-state index contributed by atoms with van der Waals surface area (Å²) in [4.78, 5) is 8.71. The Balaban J connectivity index is 0.00000320. The number of nitrogens with zero attached hydrogens (tertiary/aromatic N) is 2. The number of halogens is 1. The topological polar surface area (TPSA) is 67.8 Å². The van der Waals surface area contributed by atoms with E-state index in [-0.39, 0.29) is 24.0 Å². The minimum atomic E-state index is 0. The van der Waals surface area contributed by atoms with E-state index < -0.39 is 0 Å². The van der Waals surface area contributed by atoms with Gasteiger partial charge < -0.3 is 20.1 Å². The second-order valence-corrected chi connectivity index (χ2v) is 8.09. The van der Waals surface area contributed by atoms with Crippen LogP contribution < -0.4 is 20.1 Å². The second kappa shape index (κ2) is 13.6. The first kappa shape index (κ1) is 24.6. The van der Waals surface area contributed by atoms with Gasteiger partial charge in [-0.25, -0.2) is 4.98 Å². The highest BCUT2D eigenvalue weighted by Gasteiger charge is 2.24. The molecule has 0 aliphatic heterocycles. The lowest BCUT2D eigenvalue weighted by Crippen LogP contribution is -2.42. The Morgan fingerprint density at radius 2 is 1.93 bits per heavy atom. The van der Waals surface area contributed by atoms with E-state index in [2.05, 4.69) is 26.9 Å². The van der Waals surface area contributed by atoms with E-state index in [1.807, 2.05) is 67.5 Å². The molecule has 2 aromatic rings. The van der Waals surface area contributed by atoms with Crippen molar-refractivity contribution in [2.24, 2.45) is 4.99 Å². The molecule has 8 heteroatoms. The third-order valence-electron chi connectivity index (χ3n) is 4.89. The van der Waals surface area contributed by atoms with Gasteiger partial charge in [0, 0.05) is 37.1 Å². The van der Waals surface area contributed by atoms with Gasteiger partial charge in [-0.2, -0.15) is 11.8 Å². The Morgan fingerprint density at radius 3 is 2.60 bits per heavy atom. The number of benzene rings is 1. The van der Waals surface area contributed by atoms with Gasteiger partial charge in [-0.3, -0.25) is 4.99 Å². The van der Waals surface area contributed by atoms with E-state index in [9.17, 15) is 0 Å². The summed E-state index contributed by atoms with van der Waals surface area (Å²) in [7, 11) is 1.81. The number of guanidine groups is 1. The zero-order chi connectivity index (χ0) is 20.3. The molecular formula is C22H31IN4O2S. The predicted molar refractivity (Wildman–Crippen MR) is 135 cm³/mol. The van der Waals surface area contributed by atoms with Gasteiger partial charge in [0.2, 0.25) is 5.88 Å². The van der Waals surface area contributed by atoms with Crippen LogP contribution in [0.4, 0.5) is 0 Å². The number of aromatic nitrogens is 1. The van der Waals surface area contributed by atoms with Crippen LogP contribution in [0.5, 0.6) is 11.6 Å². The lowest BCUT2D eigenvalue weighted by molar-refractivity contribution is 0.212.